The van der Waals surface area contributed by atoms with Crippen LogP contribution in [0, 0.1) is 5.92 Å². The molecule has 0 radical (unpaired) electrons. The van der Waals surface area contributed by atoms with Gasteiger partial charge in [0.1, 0.15) is 0 Å². The summed E-state index contributed by atoms with van der Waals surface area (Å²) < 4.78 is 0. The predicted molar refractivity (Wildman–Crippen MR) is 73.2 cm³/mol. The van der Waals surface area contributed by atoms with Gasteiger partial charge in [0.15, 0.2) is 0 Å². The molecule has 1 aliphatic rings. The van der Waals surface area contributed by atoms with E-state index in [1.807, 2.05) is 11.8 Å². The van der Waals surface area contributed by atoms with Crippen LogP contribution in [0.1, 0.15) is 50.5 Å². The molecule has 1 saturated carbocycles. The van der Waals surface area contributed by atoms with Crippen molar-refractivity contribution in [2.75, 3.05) is 6.26 Å². The van der Waals surface area contributed by atoms with Crippen molar-refractivity contribution in [2.45, 2.75) is 49.8 Å². The van der Waals surface area contributed by atoms with Crippen LogP contribution in [0.2, 0.25) is 0 Å². The summed E-state index contributed by atoms with van der Waals surface area (Å²) in [7, 11) is 0. The van der Waals surface area contributed by atoms with Crippen LogP contribution in [0.25, 0.3) is 0 Å². The maximum absolute atomic E-state index is 2.34. The van der Waals surface area contributed by atoms with Gasteiger partial charge in [0.25, 0.3) is 0 Å². The van der Waals surface area contributed by atoms with Crippen molar-refractivity contribution in [2.24, 2.45) is 5.92 Å². The van der Waals surface area contributed by atoms with Crippen LogP contribution in [0.15, 0.2) is 29.2 Å². The molecule has 0 nitrogen and oxygen atoms in total. The molecule has 0 amide bonds. The number of hydrogen-bond donors (Lipinski definition) is 0. The lowest BCUT2D eigenvalue weighted by molar-refractivity contribution is 0.319. The third kappa shape index (κ3) is 2.82. The third-order valence-corrected chi connectivity index (χ3v) is 4.75. The lowest BCUT2D eigenvalue weighted by atomic mass is 9.78. The Bertz CT molecular complexity index is 307. The molecule has 0 aromatic heterocycles. The van der Waals surface area contributed by atoms with Crippen LogP contribution in [0.5, 0.6) is 0 Å². The highest BCUT2D eigenvalue weighted by Gasteiger charge is 2.20. The van der Waals surface area contributed by atoms with E-state index in [1.54, 1.807) is 5.56 Å². The molecule has 1 heteroatoms. The standard InChI is InChI=1S/C15H22S/c1-3-12-4-6-13(7-5-12)14-8-10-15(16-2)11-9-14/h8-13H,3-7H2,1-2H3/t12-,13+. The number of benzene rings is 1. The lowest BCUT2D eigenvalue weighted by Gasteiger charge is -2.28. The number of hydrogen-bond acceptors (Lipinski definition) is 1. The lowest BCUT2D eigenvalue weighted by Crippen LogP contribution is -2.12. The molecule has 0 unspecified atom stereocenters. The Kier molecular flexibility index (Phi) is 4.34. The topological polar surface area (TPSA) is 0 Å². The first-order valence-corrected chi connectivity index (χ1v) is 7.70. The summed E-state index contributed by atoms with van der Waals surface area (Å²) in [5.74, 6) is 1.83. The molecule has 16 heavy (non-hydrogen) atoms. The van der Waals surface area contributed by atoms with Crippen molar-refractivity contribution in [3.63, 3.8) is 0 Å². The zero-order valence-corrected chi connectivity index (χ0v) is 11.2. The van der Waals surface area contributed by atoms with Gasteiger partial charge in [-0.05, 0) is 61.5 Å². The van der Waals surface area contributed by atoms with E-state index >= 15 is 0 Å². The summed E-state index contributed by atoms with van der Waals surface area (Å²) in [4.78, 5) is 1.38. The van der Waals surface area contributed by atoms with Crippen LogP contribution < -0.4 is 0 Å². The van der Waals surface area contributed by atoms with E-state index in [9.17, 15) is 0 Å². The highest BCUT2D eigenvalue weighted by Crippen LogP contribution is 2.37. The number of thioether (sulfide) groups is 1. The van der Waals surface area contributed by atoms with E-state index < -0.39 is 0 Å². The molecule has 1 fully saturated rings. The van der Waals surface area contributed by atoms with Crippen LogP contribution in [-0.4, -0.2) is 6.26 Å². The average molecular weight is 234 g/mol. The zero-order valence-electron chi connectivity index (χ0n) is 10.4. The Morgan fingerprint density at radius 3 is 2.19 bits per heavy atom. The van der Waals surface area contributed by atoms with Crippen molar-refractivity contribution in [1.29, 1.82) is 0 Å². The summed E-state index contributed by atoms with van der Waals surface area (Å²) in [6, 6.07) is 9.21. The number of rotatable bonds is 3. The van der Waals surface area contributed by atoms with Gasteiger partial charge in [-0.25, -0.2) is 0 Å². The van der Waals surface area contributed by atoms with Gasteiger partial charge in [-0.15, -0.1) is 11.8 Å². The van der Waals surface area contributed by atoms with Crippen LogP contribution >= 0.6 is 11.8 Å². The normalized spacial score (nSPS) is 25.6. The van der Waals surface area contributed by atoms with E-state index in [0.29, 0.717) is 0 Å². The first kappa shape index (κ1) is 12.0. The van der Waals surface area contributed by atoms with E-state index in [-0.39, 0.29) is 0 Å². The molecule has 1 aliphatic carbocycles. The minimum atomic E-state index is 0.832. The van der Waals surface area contributed by atoms with Gasteiger partial charge in [0.2, 0.25) is 0 Å². The van der Waals surface area contributed by atoms with E-state index in [2.05, 4.69) is 37.4 Å². The molecule has 0 N–H and O–H groups in total. The van der Waals surface area contributed by atoms with Crippen molar-refractivity contribution in [1.82, 2.24) is 0 Å². The highest BCUT2D eigenvalue weighted by molar-refractivity contribution is 7.98. The first-order chi connectivity index (χ1) is 7.83. The van der Waals surface area contributed by atoms with E-state index in [4.69, 9.17) is 0 Å². The van der Waals surface area contributed by atoms with Gasteiger partial charge < -0.3 is 0 Å². The molecule has 0 heterocycles. The van der Waals surface area contributed by atoms with Gasteiger partial charge in [0, 0.05) is 4.90 Å². The minimum absolute atomic E-state index is 0.832. The summed E-state index contributed by atoms with van der Waals surface area (Å²) in [6.45, 7) is 2.33. The molecule has 1 aromatic carbocycles. The molecule has 88 valence electrons. The fourth-order valence-electron chi connectivity index (χ4n) is 2.78. The SMILES string of the molecule is CC[C@H]1CC[C@@H](c2ccc(SC)cc2)CC1. The zero-order chi connectivity index (χ0) is 11.4. The summed E-state index contributed by atoms with van der Waals surface area (Å²) in [5.41, 5.74) is 1.56. The molecule has 1 aromatic rings. The summed E-state index contributed by atoms with van der Waals surface area (Å²) in [6.07, 6.45) is 9.19. The van der Waals surface area contributed by atoms with Crippen molar-refractivity contribution in [3.8, 4) is 0 Å². The maximum atomic E-state index is 2.34. The smallest absolute Gasteiger partial charge is 0.00693 e. The van der Waals surface area contributed by atoms with E-state index in [1.165, 1.54) is 37.0 Å². The van der Waals surface area contributed by atoms with Gasteiger partial charge in [0.05, 0.1) is 0 Å². The van der Waals surface area contributed by atoms with Gasteiger partial charge in [-0.3, -0.25) is 0 Å². The fraction of sp³-hybridized carbons (Fsp3) is 0.600. The highest BCUT2D eigenvalue weighted by atomic mass is 32.2. The fourth-order valence-corrected chi connectivity index (χ4v) is 3.19. The van der Waals surface area contributed by atoms with Gasteiger partial charge >= 0.3 is 0 Å². The second kappa shape index (κ2) is 5.77. The predicted octanol–water partition coefficient (Wildman–Crippen LogP) is 5.09. The molecule has 0 spiro atoms. The Labute approximate surface area is 104 Å². The van der Waals surface area contributed by atoms with Crippen LogP contribution in [0.4, 0.5) is 0 Å². The molecule has 0 aliphatic heterocycles. The Morgan fingerprint density at radius 2 is 1.69 bits per heavy atom. The van der Waals surface area contributed by atoms with Gasteiger partial charge in [-0.1, -0.05) is 25.5 Å². The van der Waals surface area contributed by atoms with Crippen LogP contribution in [0.3, 0.4) is 0 Å². The Morgan fingerprint density at radius 1 is 1.06 bits per heavy atom. The van der Waals surface area contributed by atoms with Crippen molar-refractivity contribution in [3.05, 3.63) is 29.8 Å². The Balaban J connectivity index is 1.97. The molecule has 0 saturated heterocycles. The average Bonchev–Trinajstić information content (AvgIpc) is 2.39. The third-order valence-electron chi connectivity index (χ3n) is 4.01. The molecule has 2 rings (SSSR count). The summed E-state index contributed by atoms with van der Waals surface area (Å²) >= 11 is 1.83. The largest absolute Gasteiger partial charge is 0.130 e. The molecular formula is C15H22S. The Hall–Kier alpha value is -0.430. The second-order valence-electron chi connectivity index (χ2n) is 4.90. The molecule has 0 atom stereocenters. The molecular weight excluding hydrogens is 212 g/mol. The van der Waals surface area contributed by atoms with Gasteiger partial charge in [-0.2, -0.15) is 0 Å². The first-order valence-electron chi connectivity index (χ1n) is 6.47. The minimum Gasteiger partial charge on any atom is -0.130 e. The second-order valence-corrected chi connectivity index (χ2v) is 5.78. The summed E-state index contributed by atoms with van der Waals surface area (Å²) in [5, 5.41) is 0. The maximum Gasteiger partial charge on any atom is 0.00693 e. The van der Waals surface area contributed by atoms with Crippen LogP contribution in [-0.2, 0) is 0 Å². The van der Waals surface area contributed by atoms with Crippen molar-refractivity contribution < 1.29 is 0 Å². The monoisotopic (exact) mass is 234 g/mol. The quantitative estimate of drug-likeness (QED) is 0.656. The van der Waals surface area contributed by atoms with E-state index in [0.717, 1.165) is 11.8 Å². The van der Waals surface area contributed by atoms with Crippen molar-refractivity contribution >= 4 is 11.8 Å². The molecule has 0 bridgehead atoms.